The summed E-state index contributed by atoms with van der Waals surface area (Å²) in [6.07, 6.45) is 10.3. The van der Waals surface area contributed by atoms with E-state index in [1.807, 2.05) is 31.9 Å². The third kappa shape index (κ3) is 6.63. The lowest BCUT2D eigenvalue weighted by Crippen LogP contribution is -2.46. The minimum Gasteiger partial charge on any atom is -0.444 e. The fourth-order valence-corrected chi connectivity index (χ4v) is 5.27. The highest BCUT2D eigenvalue weighted by Crippen LogP contribution is 2.42. The number of aromatic nitrogens is 1. The summed E-state index contributed by atoms with van der Waals surface area (Å²) in [5.74, 6) is 6.65. The van der Waals surface area contributed by atoms with Crippen molar-refractivity contribution in [2.75, 3.05) is 50.7 Å². The van der Waals surface area contributed by atoms with E-state index in [4.69, 9.17) is 4.74 Å². The van der Waals surface area contributed by atoms with Gasteiger partial charge >= 0.3 is 6.09 Å². The molecular formula is C27H40N4O2. The summed E-state index contributed by atoms with van der Waals surface area (Å²) in [5.41, 5.74) is 1.93. The number of rotatable bonds is 2. The van der Waals surface area contributed by atoms with Crippen LogP contribution in [0.5, 0.6) is 0 Å². The van der Waals surface area contributed by atoms with Crippen LogP contribution in [0.2, 0.25) is 0 Å². The first-order chi connectivity index (χ1) is 15.8. The Morgan fingerprint density at radius 1 is 1.06 bits per heavy atom. The number of hydrogen-bond acceptors (Lipinski definition) is 5. The van der Waals surface area contributed by atoms with Crippen LogP contribution in [0, 0.1) is 17.3 Å². The molecule has 0 N–H and O–H groups in total. The molecule has 33 heavy (non-hydrogen) atoms. The molecular weight excluding hydrogens is 412 g/mol. The van der Waals surface area contributed by atoms with E-state index < -0.39 is 5.60 Å². The topological polar surface area (TPSA) is 48.9 Å². The minimum atomic E-state index is -0.439. The van der Waals surface area contributed by atoms with E-state index in [9.17, 15) is 4.79 Å². The Balaban J connectivity index is 1.31. The van der Waals surface area contributed by atoms with Crippen LogP contribution in [-0.2, 0) is 4.74 Å². The zero-order chi connectivity index (χ0) is 23.3. The van der Waals surface area contributed by atoms with E-state index in [2.05, 4.69) is 38.8 Å². The molecule has 4 rings (SSSR count). The molecule has 3 aliphatic rings. The van der Waals surface area contributed by atoms with E-state index in [-0.39, 0.29) is 6.09 Å². The van der Waals surface area contributed by atoms with Gasteiger partial charge in [-0.25, -0.2) is 9.78 Å². The van der Waals surface area contributed by atoms with Gasteiger partial charge in [0.1, 0.15) is 11.3 Å². The van der Waals surface area contributed by atoms with Crippen molar-refractivity contribution in [2.45, 2.75) is 71.3 Å². The lowest BCUT2D eigenvalue weighted by atomic mass is 9.78. The molecule has 1 aromatic heterocycles. The second-order valence-electron chi connectivity index (χ2n) is 11.0. The van der Waals surface area contributed by atoms with Crippen molar-refractivity contribution in [2.24, 2.45) is 5.41 Å². The van der Waals surface area contributed by atoms with E-state index >= 15 is 0 Å². The molecule has 4 heterocycles. The predicted octanol–water partition coefficient (Wildman–Crippen LogP) is 4.54. The van der Waals surface area contributed by atoms with Crippen LogP contribution in [0.15, 0.2) is 18.3 Å². The number of pyridine rings is 1. The van der Waals surface area contributed by atoms with Gasteiger partial charge in [-0.2, -0.15) is 0 Å². The lowest BCUT2D eigenvalue weighted by Gasteiger charge is -2.39. The molecule has 6 nitrogen and oxygen atoms in total. The third-order valence-electron chi connectivity index (χ3n) is 7.24. The van der Waals surface area contributed by atoms with Crippen LogP contribution in [-0.4, -0.2) is 72.3 Å². The van der Waals surface area contributed by atoms with Crippen molar-refractivity contribution in [1.82, 2.24) is 14.8 Å². The normalized spacial score (nSPS) is 21.4. The van der Waals surface area contributed by atoms with Crippen molar-refractivity contribution in [1.29, 1.82) is 0 Å². The van der Waals surface area contributed by atoms with Crippen LogP contribution in [0.4, 0.5) is 10.5 Å². The zero-order valence-corrected chi connectivity index (χ0v) is 20.7. The molecule has 0 bridgehead atoms. The van der Waals surface area contributed by atoms with Gasteiger partial charge in [0.25, 0.3) is 0 Å². The Morgan fingerprint density at radius 3 is 2.45 bits per heavy atom. The first kappa shape index (κ1) is 23.9. The SMILES string of the molecule is CC(C)(C)OC(=O)N1CCC2(CC1)CCN(c1ccnc(C#CCN3CCCCCC3)c1)C2. The fraction of sp³-hybridized carbons (Fsp3) is 0.704. The highest BCUT2D eigenvalue weighted by atomic mass is 16.6. The van der Waals surface area contributed by atoms with Gasteiger partial charge in [0.15, 0.2) is 0 Å². The monoisotopic (exact) mass is 452 g/mol. The summed E-state index contributed by atoms with van der Waals surface area (Å²) in [4.78, 5) is 23.7. The number of nitrogens with zero attached hydrogens (tertiary/aromatic N) is 4. The third-order valence-corrected chi connectivity index (χ3v) is 7.24. The van der Waals surface area contributed by atoms with Crippen LogP contribution >= 0.6 is 0 Å². The van der Waals surface area contributed by atoms with Gasteiger partial charge < -0.3 is 14.5 Å². The van der Waals surface area contributed by atoms with Gasteiger partial charge in [0, 0.05) is 38.1 Å². The summed E-state index contributed by atoms with van der Waals surface area (Å²) in [5, 5.41) is 0. The van der Waals surface area contributed by atoms with Crippen molar-refractivity contribution < 1.29 is 9.53 Å². The molecule has 0 aliphatic carbocycles. The van der Waals surface area contributed by atoms with Crippen molar-refractivity contribution in [3.05, 3.63) is 24.0 Å². The van der Waals surface area contributed by atoms with Crippen LogP contribution in [0.3, 0.4) is 0 Å². The summed E-state index contributed by atoms with van der Waals surface area (Å²) in [6.45, 7) is 12.6. The Kier molecular flexibility index (Phi) is 7.48. The van der Waals surface area contributed by atoms with E-state index in [0.29, 0.717) is 5.41 Å². The summed E-state index contributed by atoms with van der Waals surface area (Å²) in [6, 6.07) is 4.25. The van der Waals surface area contributed by atoms with Gasteiger partial charge in [0.2, 0.25) is 0 Å². The Labute approximate surface area is 199 Å². The highest BCUT2D eigenvalue weighted by Gasteiger charge is 2.42. The number of hydrogen-bond donors (Lipinski definition) is 0. The zero-order valence-electron chi connectivity index (χ0n) is 20.7. The van der Waals surface area contributed by atoms with Crippen molar-refractivity contribution >= 4 is 11.8 Å². The smallest absolute Gasteiger partial charge is 0.410 e. The number of ether oxygens (including phenoxy) is 1. The molecule has 1 amide bonds. The maximum absolute atomic E-state index is 12.4. The van der Waals surface area contributed by atoms with Crippen LogP contribution in [0.1, 0.15) is 71.4 Å². The molecule has 6 heteroatoms. The molecule has 0 radical (unpaired) electrons. The quantitative estimate of drug-likeness (QED) is 0.617. The first-order valence-electron chi connectivity index (χ1n) is 12.7. The average molecular weight is 453 g/mol. The molecule has 0 aromatic carbocycles. The number of likely N-dealkylation sites (tertiary alicyclic amines) is 2. The maximum Gasteiger partial charge on any atom is 0.410 e. The average Bonchev–Trinajstić information content (AvgIpc) is 3.00. The van der Waals surface area contributed by atoms with Crippen molar-refractivity contribution in [3.8, 4) is 11.8 Å². The van der Waals surface area contributed by atoms with Crippen LogP contribution in [0.25, 0.3) is 0 Å². The summed E-state index contributed by atoms with van der Waals surface area (Å²) >= 11 is 0. The number of anilines is 1. The number of carbonyl (C=O) groups excluding carboxylic acids is 1. The first-order valence-corrected chi connectivity index (χ1v) is 12.7. The van der Waals surface area contributed by atoms with Crippen LogP contribution < -0.4 is 4.90 Å². The molecule has 0 atom stereocenters. The predicted molar refractivity (Wildman–Crippen MR) is 132 cm³/mol. The molecule has 3 aliphatic heterocycles. The molecule has 3 saturated heterocycles. The maximum atomic E-state index is 12.4. The molecule has 0 saturated carbocycles. The van der Waals surface area contributed by atoms with E-state index in [1.165, 1.54) is 50.9 Å². The van der Waals surface area contributed by atoms with Crippen molar-refractivity contribution in [3.63, 3.8) is 0 Å². The molecule has 3 fully saturated rings. The molecule has 1 aromatic rings. The van der Waals surface area contributed by atoms with Gasteiger partial charge in [-0.3, -0.25) is 4.90 Å². The molecule has 0 unspecified atom stereocenters. The van der Waals surface area contributed by atoms with Gasteiger partial charge in [-0.15, -0.1) is 0 Å². The largest absolute Gasteiger partial charge is 0.444 e. The van der Waals surface area contributed by atoms with Gasteiger partial charge in [-0.1, -0.05) is 18.8 Å². The summed E-state index contributed by atoms with van der Waals surface area (Å²) in [7, 11) is 0. The Morgan fingerprint density at radius 2 is 1.76 bits per heavy atom. The Bertz CT molecular complexity index is 866. The number of amides is 1. The fourth-order valence-electron chi connectivity index (χ4n) is 5.27. The van der Waals surface area contributed by atoms with E-state index in [0.717, 1.165) is 51.3 Å². The minimum absolute atomic E-state index is 0.176. The standard InChI is InChI=1S/C27H40N4O2/c1-26(2,3)33-25(32)30-18-11-27(12-19-30)13-20-31(22-27)24-10-14-28-23(21-24)9-8-17-29-15-6-4-5-7-16-29/h10,14,21H,4-7,11-13,15-20,22H2,1-3H3. The number of carbonyl (C=O) groups is 1. The second kappa shape index (κ2) is 10.3. The summed E-state index contributed by atoms with van der Waals surface area (Å²) < 4.78 is 5.56. The van der Waals surface area contributed by atoms with Gasteiger partial charge in [-0.05, 0) is 89.4 Å². The van der Waals surface area contributed by atoms with Gasteiger partial charge in [0.05, 0.1) is 6.54 Å². The lowest BCUT2D eigenvalue weighted by molar-refractivity contribution is 0.0122. The molecule has 180 valence electrons. The number of piperidine rings is 1. The highest BCUT2D eigenvalue weighted by molar-refractivity contribution is 5.68. The second-order valence-corrected chi connectivity index (χ2v) is 11.0. The molecule has 1 spiro atoms. The Hall–Kier alpha value is -2.26. The van der Waals surface area contributed by atoms with E-state index in [1.54, 1.807) is 0 Å².